The van der Waals surface area contributed by atoms with Crippen LogP contribution in [0.1, 0.15) is 48.0 Å². The molecule has 2 heteroatoms. The van der Waals surface area contributed by atoms with Gasteiger partial charge in [0.2, 0.25) is 0 Å². The van der Waals surface area contributed by atoms with E-state index in [2.05, 4.69) is 58.7 Å². The second-order valence-corrected chi connectivity index (χ2v) is 6.17. The van der Waals surface area contributed by atoms with Gasteiger partial charge in [-0.15, -0.1) is 0 Å². The predicted octanol–water partition coefficient (Wildman–Crippen LogP) is 3.45. The zero-order chi connectivity index (χ0) is 11.7. The van der Waals surface area contributed by atoms with E-state index in [9.17, 15) is 0 Å². The van der Waals surface area contributed by atoms with E-state index in [4.69, 9.17) is 4.99 Å². The molecule has 0 saturated carbocycles. The van der Waals surface area contributed by atoms with Gasteiger partial charge in [-0.1, -0.05) is 26.8 Å². The minimum absolute atomic E-state index is 0.104. The Hall–Kier alpha value is -0.790. The average molecular weight is 208 g/mol. The molecule has 0 aromatic heterocycles. The van der Waals surface area contributed by atoms with Crippen LogP contribution in [0, 0.1) is 5.41 Å². The van der Waals surface area contributed by atoms with E-state index >= 15 is 0 Å². The van der Waals surface area contributed by atoms with Gasteiger partial charge < -0.3 is 4.90 Å². The summed E-state index contributed by atoms with van der Waals surface area (Å²) in [4.78, 5) is 7.03. The van der Waals surface area contributed by atoms with Crippen LogP contribution in [0.4, 0.5) is 0 Å². The second kappa shape index (κ2) is 3.99. The highest BCUT2D eigenvalue weighted by molar-refractivity contribution is 5.88. The molecule has 0 amide bonds. The first-order valence-electron chi connectivity index (χ1n) is 5.74. The van der Waals surface area contributed by atoms with Crippen molar-refractivity contribution < 1.29 is 0 Å². The molecule has 0 fully saturated rings. The molecule has 0 unspecified atom stereocenters. The molecule has 1 aliphatic rings. The summed E-state index contributed by atoms with van der Waals surface area (Å²) in [5.74, 6) is 1.20. The molecule has 15 heavy (non-hydrogen) atoms. The number of hydrogen-bond acceptors (Lipinski definition) is 2. The Balaban J connectivity index is 3.09. The van der Waals surface area contributed by atoms with Crippen LogP contribution in [0.15, 0.2) is 17.3 Å². The van der Waals surface area contributed by atoms with Gasteiger partial charge in [-0.25, -0.2) is 0 Å². The quantitative estimate of drug-likeness (QED) is 0.595. The van der Waals surface area contributed by atoms with Crippen molar-refractivity contribution in [3.8, 4) is 0 Å². The van der Waals surface area contributed by atoms with Gasteiger partial charge in [-0.2, -0.15) is 0 Å². The molecule has 0 radical (unpaired) electrons. The maximum absolute atomic E-state index is 4.72. The maximum Gasteiger partial charge on any atom is 0.109 e. The summed E-state index contributed by atoms with van der Waals surface area (Å²) in [6, 6.07) is 0. The summed E-state index contributed by atoms with van der Waals surface area (Å²) in [6.07, 6.45) is 5.46. The van der Waals surface area contributed by atoms with E-state index in [1.165, 1.54) is 5.84 Å². The first-order valence-corrected chi connectivity index (χ1v) is 5.74. The predicted molar refractivity (Wildman–Crippen MR) is 67.1 cm³/mol. The molecule has 1 aliphatic heterocycles. The Bertz CT molecular complexity index is 274. The molecule has 0 aromatic carbocycles. The molecule has 0 atom stereocenters. The van der Waals surface area contributed by atoms with Gasteiger partial charge in [0.15, 0.2) is 0 Å². The highest BCUT2D eigenvalue weighted by atomic mass is 15.2. The lowest BCUT2D eigenvalue weighted by atomic mass is 9.91. The minimum atomic E-state index is 0.104. The smallest absolute Gasteiger partial charge is 0.109 e. The number of amidine groups is 1. The van der Waals surface area contributed by atoms with Crippen molar-refractivity contribution in [2.45, 2.75) is 53.5 Å². The van der Waals surface area contributed by atoms with E-state index in [0.717, 1.165) is 13.0 Å². The van der Waals surface area contributed by atoms with Crippen LogP contribution in [0.5, 0.6) is 0 Å². The average Bonchev–Trinajstić information content (AvgIpc) is 2.24. The molecule has 0 spiro atoms. The van der Waals surface area contributed by atoms with Crippen molar-refractivity contribution >= 4 is 5.84 Å². The normalized spacial score (nSPS) is 18.8. The number of hydrogen-bond donors (Lipinski definition) is 0. The third kappa shape index (κ3) is 3.08. The lowest BCUT2D eigenvalue weighted by Gasteiger charge is -2.40. The highest BCUT2D eigenvalue weighted by Crippen LogP contribution is 2.27. The molecule has 0 saturated heterocycles. The molecular formula is C13H24N2. The summed E-state index contributed by atoms with van der Waals surface area (Å²) in [7, 11) is 0. The van der Waals surface area contributed by atoms with Gasteiger partial charge in [0.25, 0.3) is 0 Å². The third-order valence-corrected chi connectivity index (χ3v) is 2.43. The standard InChI is InChI=1S/C13H24N2/c1-12(2,3)11-14-9-7-8-10-15(11)13(4,5)6/h8,10H,7,9H2,1-6H3. The Morgan fingerprint density at radius 1 is 1.13 bits per heavy atom. The summed E-state index contributed by atoms with van der Waals surface area (Å²) in [5, 5.41) is 0. The Morgan fingerprint density at radius 2 is 1.73 bits per heavy atom. The van der Waals surface area contributed by atoms with E-state index in [1.807, 2.05) is 0 Å². The fraction of sp³-hybridized carbons (Fsp3) is 0.769. The first-order chi connectivity index (χ1) is 6.73. The third-order valence-electron chi connectivity index (χ3n) is 2.43. The molecule has 0 aromatic rings. The van der Waals surface area contributed by atoms with Crippen molar-refractivity contribution in [2.24, 2.45) is 10.4 Å². The van der Waals surface area contributed by atoms with Crippen molar-refractivity contribution in [1.82, 2.24) is 4.90 Å². The number of aliphatic imine (C=N–C) groups is 1. The van der Waals surface area contributed by atoms with Crippen LogP contribution in [0.25, 0.3) is 0 Å². The Morgan fingerprint density at radius 3 is 2.20 bits per heavy atom. The van der Waals surface area contributed by atoms with Gasteiger partial charge in [0.1, 0.15) is 5.84 Å². The van der Waals surface area contributed by atoms with Crippen LogP contribution < -0.4 is 0 Å². The fourth-order valence-electron chi connectivity index (χ4n) is 1.71. The monoisotopic (exact) mass is 208 g/mol. The molecule has 86 valence electrons. The van der Waals surface area contributed by atoms with Crippen LogP contribution in [0.2, 0.25) is 0 Å². The van der Waals surface area contributed by atoms with Gasteiger partial charge in [-0.3, -0.25) is 4.99 Å². The number of nitrogens with zero attached hydrogens (tertiary/aromatic N) is 2. The molecule has 2 nitrogen and oxygen atoms in total. The molecular weight excluding hydrogens is 184 g/mol. The van der Waals surface area contributed by atoms with E-state index in [1.54, 1.807) is 0 Å². The molecule has 0 N–H and O–H groups in total. The number of rotatable bonds is 0. The summed E-state index contributed by atoms with van der Waals surface area (Å²) in [6.45, 7) is 14.3. The van der Waals surface area contributed by atoms with E-state index < -0.39 is 0 Å². The van der Waals surface area contributed by atoms with Crippen LogP contribution in [-0.4, -0.2) is 22.8 Å². The van der Waals surface area contributed by atoms with Gasteiger partial charge in [0.05, 0.1) is 0 Å². The van der Waals surface area contributed by atoms with Crippen LogP contribution >= 0.6 is 0 Å². The van der Waals surface area contributed by atoms with Crippen LogP contribution in [-0.2, 0) is 0 Å². The maximum atomic E-state index is 4.72. The fourth-order valence-corrected chi connectivity index (χ4v) is 1.71. The van der Waals surface area contributed by atoms with Crippen molar-refractivity contribution in [3.05, 3.63) is 12.3 Å². The van der Waals surface area contributed by atoms with E-state index in [0.29, 0.717) is 0 Å². The Labute approximate surface area is 94.1 Å². The lowest BCUT2D eigenvalue weighted by molar-refractivity contribution is 0.286. The van der Waals surface area contributed by atoms with Gasteiger partial charge >= 0.3 is 0 Å². The van der Waals surface area contributed by atoms with Gasteiger partial charge in [0, 0.05) is 23.7 Å². The summed E-state index contributed by atoms with van der Waals surface area (Å²) >= 11 is 0. The zero-order valence-electron chi connectivity index (χ0n) is 11.0. The SMILES string of the molecule is CC(C)(C)C1=NCCC=CN1C(C)(C)C. The largest absolute Gasteiger partial charge is 0.331 e. The first kappa shape index (κ1) is 12.3. The summed E-state index contributed by atoms with van der Waals surface area (Å²) in [5.41, 5.74) is 0.217. The van der Waals surface area contributed by atoms with E-state index in [-0.39, 0.29) is 11.0 Å². The molecule has 0 aliphatic carbocycles. The van der Waals surface area contributed by atoms with Crippen molar-refractivity contribution in [3.63, 3.8) is 0 Å². The minimum Gasteiger partial charge on any atom is -0.331 e. The van der Waals surface area contributed by atoms with Gasteiger partial charge in [-0.05, 0) is 27.2 Å². The van der Waals surface area contributed by atoms with Crippen LogP contribution in [0.3, 0.4) is 0 Å². The molecule has 1 rings (SSSR count). The van der Waals surface area contributed by atoms with Crippen molar-refractivity contribution in [1.29, 1.82) is 0 Å². The molecule has 0 bridgehead atoms. The summed E-state index contributed by atoms with van der Waals surface area (Å²) < 4.78 is 0. The zero-order valence-corrected chi connectivity index (χ0v) is 11.0. The topological polar surface area (TPSA) is 15.6 Å². The Kier molecular flexibility index (Phi) is 3.27. The lowest BCUT2D eigenvalue weighted by Crippen LogP contribution is -2.46. The second-order valence-electron chi connectivity index (χ2n) is 6.17. The van der Waals surface area contributed by atoms with Crippen molar-refractivity contribution in [2.75, 3.05) is 6.54 Å². The highest BCUT2D eigenvalue weighted by Gasteiger charge is 2.30. The molecule has 1 heterocycles.